The van der Waals surface area contributed by atoms with Crippen LogP contribution in [0.2, 0.25) is 0 Å². The normalized spacial score (nSPS) is 15.1. The number of methoxy groups -OCH3 is 2. The Balaban J connectivity index is 1.90. The highest BCUT2D eigenvalue weighted by Gasteiger charge is 2.43. The molecule has 1 fully saturated rings. The number of amides is 3. The summed E-state index contributed by atoms with van der Waals surface area (Å²) >= 11 is 0. The summed E-state index contributed by atoms with van der Waals surface area (Å²) in [5.41, 5.74) is -0.0148. The van der Waals surface area contributed by atoms with Crippen LogP contribution in [-0.2, 0) is 33.4 Å². The van der Waals surface area contributed by atoms with Gasteiger partial charge in [-0.15, -0.1) is 0 Å². The molecule has 1 heterocycles. The quantitative estimate of drug-likeness (QED) is 0.101. The van der Waals surface area contributed by atoms with E-state index >= 15 is 0 Å². The number of hydrogen-bond acceptors (Lipinski definition) is 10. The lowest BCUT2D eigenvalue weighted by atomic mass is 10.0. The van der Waals surface area contributed by atoms with Gasteiger partial charge in [0.1, 0.15) is 29.1 Å². The van der Waals surface area contributed by atoms with Crippen molar-refractivity contribution >= 4 is 35.6 Å². The summed E-state index contributed by atoms with van der Waals surface area (Å²) in [5, 5.41) is 4.82. The average Bonchev–Trinajstić information content (AvgIpc) is 2.89. The third-order valence-electron chi connectivity index (χ3n) is 5.53. The molecule has 1 aromatic carbocycles. The van der Waals surface area contributed by atoms with Gasteiger partial charge in [0.05, 0.1) is 27.4 Å². The van der Waals surface area contributed by atoms with Gasteiger partial charge in [-0.1, -0.05) is 0 Å². The van der Waals surface area contributed by atoms with Crippen molar-refractivity contribution in [2.45, 2.75) is 58.7 Å². The van der Waals surface area contributed by atoms with Gasteiger partial charge < -0.3 is 34.5 Å². The number of Topliss-reactive ketones (excluding diaryl/α,β-unsaturated/α-hetero) is 1. The standard InChI is InChI=1S/C27H35N3O10/c1-15(2)20(25(35)38-7)30-14-19(23(30)33)28-22(32)21(31)16-8-10-17(11-9-16)39-13-12-18(24(34)37-6)29-26(36)40-27(3,4)5/h8-11,18-19H,12-14H2,1-7H3,(H,28,32)(H,29,36). The molecule has 1 aliphatic heterocycles. The van der Waals surface area contributed by atoms with Gasteiger partial charge in [0.25, 0.3) is 11.8 Å². The largest absolute Gasteiger partial charge is 0.494 e. The molecule has 1 saturated heterocycles. The lowest BCUT2D eigenvalue weighted by Gasteiger charge is -2.39. The van der Waals surface area contributed by atoms with E-state index in [1.165, 1.54) is 43.4 Å². The average molecular weight is 562 g/mol. The van der Waals surface area contributed by atoms with Crippen LogP contribution in [0, 0.1) is 0 Å². The Hall–Kier alpha value is -4.42. The minimum atomic E-state index is -1.00. The molecule has 13 heteroatoms. The van der Waals surface area contributed by atoms with Crippen LogP contribution in [0.4, 0.5) is 4.79 Å². The van der Waals surface area contributed by atoms with E-state index in [2.05, 4.69) is 10.6 Å². The number of ketones is 1. The van der Waals surface area contributed by atoms with Crippen molar-refractivity contribution in [1.82, 2.24) is 15.5 Å². The molecular formula is C27H35N3O10. The van der Waals surface area contributed by atoms with Crippen molar-refractivity contribution in [2.75, 3.05) is 27.4 Å². The number of ether oxygens (including phenoxy) is 4. The molecule has 0 saturated carbocycles. The number of allylic oxidation sites excluding steroid dienone is 1. The van der Waals surface area contributed by atoms with Crippen LogP contribution in [0.15, 0.2) is 35.5 Å². The van der Waals surface area contributed by atoms with Gasteiger partial charge >= 0.3 is 18.0 Å². The summed E-state index contributed by atoms with van der Waals surface area (Å²) in [6, 6.07) is 3.72. The second kappa shape index (κ2) is 13.6. The molecule has 2 rings (SSSR count). The minimum Gasteiger partial charge on any atom is -0.494 e. The van der Waals surface area contributed by atoms with Crippen LogP contribution in [0.3, 0.4) is 0 Å². The SMILES string of the molecule is COC(=O)C(=C(C)C)N1CC(NC(=O)C(=O)c2ccc(OCCC(NC(=O)OC(C)(C)C)C(=O)OC)cc2)C1=O. The van der Waals surface area contributed by atoms with Crippen LogP contribution in [0.5, 0.6) is 5.75 Å². The molecule has 2 N–H and O–H groups in total. The molecule has 218 valence electrons. The number of carbonyl (C=O) groups excluding carboxylic acids is 6. The van der Waals surface area contributed by atoms with E-state index < -0.39 is 53.3 Å². The Labute approximate surface area is 232 Å². The molecule has 0 bridgehead atoms. The number of β-lactam (4-membered cyclic amide) rings is 1. The first kappa shape index (κ1) is 31.8. The van der Waals surface area contributed by atoms with E-state index in [-0.39, 0.29) is 30.8 Å². The summed E-state index contributed by atoms with van der Waals surface area (Å²) in [7, 11) is 2.39. The number of carbonyl (C=O) groups is 6. The summed E-state index contributed by atoms with van der Waals surface area (Å²) in [6.07, 6.45) is -0.701. The van der Waals surface area contributed by atoms with Crippen molar-refractivity contribution in [3.8, 4) is 5.75 Å². The Morgan fingerprint density at radius 1 is 1.02 bits per heavy atom. The first-order valence-electron chi connectivity index (χ1n) is 12.4. The number of likely N-dealkylation sites (tertiary alicyclic amines) is 1. The molecular weight excluding hydrogens is 526 g/mol. The molecule has 0 aromatic heterocycles. The van der Waals surface area contributed by atoms with Crippen LogP contribution in [0.25, 0.3) is 0 Å². The van der Waals surface area contributed by atoms with E-state index in [0.29, 0.717) is 11.3 Å². The van der Waals surface area contributed by atoms with Crippen molar-refractivity contribution in [3.63, 3.8) is 0 Å². The number of benzene rings is 1. The summed E-state index contributed by atoms with van der Waals surface area (Å²) in [6.45, 7) is 8.42. The first-order valence-corrected chi connectivity index (χ1v) is 12.4. The topological polar surface area (TPSA) is 167 Å². The third-order valence-corrected chi connectivity index (χ3v) is 5.53. The predicted molar refractivity (Wildman–Crippen MR) is 140 cm³/mol. The van der Waals surface area contributed by atoms with Crippen LogP contribution >= 0.6 is 0 Å². The Kier molecular flexibility index (Phi) is 10.8. The molecule has 2 atom stereocenters. The summed E-state index contributed by atoms with van der Waals surface area (Å²) in [4.78, 5) is 74.6. The number of esters is 2. The second-order valence-electron chi connectivity index (χ2n) is 10.0. The van der Waals surface area contributed by atoms with Crippen molar-refractivity contribution < 1.29 is 47.7 Å². The van der Waals surface area contributed by atoms with Gasteiger partial charge in [0, 0.05) is 12.0 Å². The molecule has 13 nitrogen and oxygen atoms in total. The number of nitrogens with one attached hydrogen (secondary N) is 2. The van der Waals surface area contributed by atoms with Gasteiger partial charge in [-0.05, 0) is 64.5 Å². The maximum atomic E-state index is 12.6. The zero-order chi connectivity index (χ0) is 30.2. The van der Waals surface area contributed by atoms with Gasteiger partial charge in [0.2, 0.25) is 5.78 Å². The number of alkyl carbamates (subject to hydrolysis) is 1. The van der Waals surface area contributed by atoms with E-state index in [1.54, 1.807) is 34.6 Å². The maximum Gasteiger partial charge on any atom is 0.408 e. The van der Waals surface area contributed by atoms with Gasteiger partial charge in [-0.3, -0.25) is 14.4 Å². The molecule has 2 unspecified atom stereocenters. The predicted octanol–water partition coefficient (Wildman–Crippen LogP) is 1.50. The summed E-state index contributed by atoms with van der Waals surface area (Å²) < 4.78 is 20.2. The molecule has 0 spiro atoms. The minimum absolute atomic E-state index is 0.0167. The van der Waals surface area contributed by atoms with E-state index in [1.807, 2.05) is 0 Å². The Morgan fingerprint density at radius 2 is 1.65 bits per heavy atom. The Bertz CT molecular complexity index is 1180. The fourth-order valence-corrected chi connectivity index (χ4v) is 3.61. The highest BCUT2D eigenvalue weighted by atomic mass is 16.6. The fourth-order valence-electron chi connectivity index (χ4n) is 3.61. The molecule has 40 heavy (non-hydrogen) atoms. The van der Waals surface area contributed by atoms with Gasteiger partial charge in [-0.2, -0.15) is 0 Å². The maximum absolute atomic E-state index is 12.6. The number of nitrogens with zero attached hydrogens (tertiary/aromatic N) is 1. The molecule has 1 aliphatic rings. The lowest BCUT2D eigenvalue weighted by Crippen LogP contribution is -2.64. The lowest BCUT2D eigenvalue weighted by molar-refractivity contribution is -0.149. The Morgan fingerprint density at radius 3 is 2.15 bits per heavy atom. The summed E-state index contributed by atoms with van der Waals surface area (Å²) in [5.74, 6) is -3.36. The monoisotopic (exact) mass is 561 g/mol. The van der Waals surface area contributed by atoms with Crippen molar-refractivity contribution in [2.24, 2.45) is 0 Å². The van der Waals surface area contributed by atoms with Crippen molar-refractivity contribution in [1.29, 1.82) is 0 Å². The van der Waals surface area contributed by atoms with E-state index in [4.69, 9.17) is 18.9 Å². The van der Waals surface area contributed by atoms with Crippen LogP contribution < -0.4 is 15.4 Å². The van der Waals surface area contributed by atoms with Gasteiger partial charge in [0.15, 0.2) is 0 Å². The van der Waals surface area contributed by atoms with E-state index in [9.17, 15) is 28.8 Å². The van der Waals surface area contributed by atoms with Crippen LogP contribution in [-0.4, -0.2) is 85.6 Å². The molecule has 3 amide bonds. The highest BCUT2D eigenvalue weighted by Crippen LogP contribution is 2.22. The fraction of sp³-hybridized carbons (Fsp3) is 0.481. The second-order valence-corrected chi connectivity index (χ2v) is 10.0. The third kappa shape index (κ3) is 8.55. The molecule has 0 aliphatic carbocycles. The van der Waals surface area contributed by atoms with E-state index in [0.717, 1.165) is 0 Å². The zero-order valence-corrected chi connectivity index (χ0v) is 23.6. The van der Waals surface area contributed by atoms with Crippen LogP contribution in [0.1, 0.15) is 51.4 Å². The van der Waals surface area contributed by atoms with Crippen molar-refractivity contribution in [3.05, 3.63) is 41.1 Å². The molecule has 1 aromatic rings. The zero-order valence-electron chi connectivity index (χ0n) is 23.6. The number of hydrogen-bond donors (Lipinski definition) is 2. The number of rotatable bonds is 11. The molecule has 0 radical (unpaired) electrons. The smallest absolute Gasteiger partial charge is 0.408 e. The van der Waals surface area contributed by atoms with Gasteiger partial charge in [-0.25, -0.2) is 14.4 Å². The first-order chi connectivity index (χ1) is 18.7. The highest BCUT2D eigenvalue weighted by molar-refractivity contribution is 6.43.